The lowest BCUT2D eigenvalue weighted by Crippen LogP contribution is -2.39. The number of carbonyl (C=O) groups is 1. The quantitative estimate of drug-likeness (QED) is 0.781. The number of urea groups is 1. The Labute approximate surface area is 115 Å². The molecule has 2 amide bonds. The van der Waals surface area contributed by atoms with Gasteiger partial charge in [0.1, 0.15) is 0 Å². The molecule has 0 heterocycles. The molecule has 0 aliphatic rings. The van der Waals surface area contributed by atoms with E-state index >= 15 is 0 Å². The molecule has 1 aromatic carbocycles. The predicted octanol–water partition coefficient (Wildman–Crippen LogP) is 3.05. The summed E-state index contributed by atoms with van der Waals surface area (Å²) in [5, 5.41) is 5.71. The molecule has 1 rings (SSSR count). The smallest absolute Gasteiger partial charge is 0.319 e. The fraction of sp³-hybridized carbons (Fsp3) is 0.533. The maximum Gasteiger partial charge on any atom is 0.319 e. The Kier molecular flexibility index (Phi) is 4.95. The highest BCUT2D eigenvalue weighted by atomic mass is 16.2. The highest BCUT2D eigenvalue weighted by Gasteiger charge is 2.14. The van der Waals surface area contributed by atoms with E-state index in [-0.39, 0.29) is 17.6 Å². The molecule has 0 fully saturated rings. The van der Waals surface area contributed by atoms with Gasteiger partial charge in [-0.15, -0.1) is 0 Å². The van der Waals surface area contributed by atoms with Crippen molar-refractivity contribution in [3.8, 4) is 0 Å². The van der Waals surface area contributed by atoms with E-state index in [2.05, 4.69) is 24.5 Å². The van der Waals surface area contributed by atoms with Crippen LogP contribution in [-0.2, 0) is 5.54 Å². The SMILES string of the molecule is CC(C)C(C)NC(=O)Nc1ccc(C(C)(C)N)cc1. The number of anilines is 1. The molecule has 19 heavy (non-hydrogen) atoms. The summed E-state index contributed by atoms with van der Waals surface area (Å²) in [5.74, 6) is 0.408. The van der Waals surface area contributed by atoms with Gasteiger partial charge in [0.05, 0.1) is 0 Å². The summed E-state index contributed by atoms with van der Waals surface area (Å²) in [6.45, 7) is 10.0. The second kappa shape index (κ2) is 6.06. The summed E-state index contributed by atoms with van der Waals surface area (Å²) in [4.78, 5) is 11.8. The molecule has 4 N–H and O–H groups in total. The first-order chi connectivity index (χ1) is 8.70. The average molecular weight is 263 g/mol. The van der Waals surface area contributed by atoms with Gasteiger partial charge >= 0.3 is 6.03 Å². The maximum absolute atomic E-state index is 11.8. The minimum atomic E-state index is -0.368. The van der Waals surface area contributed by atoms with Crippen LogP contribution in [0.1, 0.15) is 40.2 Å². The summed E-state index contributed by atoms with van der Waals surface area (Å²) in [5.41, 5.74) is 7.44. The van der Waals surface area contributed by atoms with Gasteiger partial charge in [-0.3, -0.25) is 0 Å². The Morgan fingerprint density at radius 1 is 1.16 bits per heavy atom. The third kappa shape index (κ3) is 4.91. The minimum absolute atomic E-state index is 0.141. The molecule has 1 aromatic rings. The summed E-state index contributed by atoms with van der Waals surface area (Å²) >= 11 is 0. The lowest BCUT2D eigenvalue weighted by molar-refractivity contribution is 0.246. The molecule has 0 aromatic heterocycles. The molecule has 0 saturated heterocycles. The maximum atomic E-state index is 11.8. The fourth-order valence-electron chi connectivity index (χ4n) is 1.52. The van der Waals surface area contributed by atoms with Gasteiger partial charge in [-0.25, -0.2) is 4.79 Å². The van der Waals surface area contributed by atoms with Gasteiger partial charge in [0.2, 0.25) is 0 Å². The van der Waals surface area contributed by atoms with E-state index in [4.69, 9.17) is 5.73 Å². The molecule has 0 aliphatic carbocycles. The van der Waals surface area contributed by atoms with Gasteiger partial charge < -0.3 is 16.4 Å². The number of hydrogen-bond donors (Lipinski definition) is 3. The van der Waals surface area contributed by atoms with Crippen LogP contribution in [0.25, 0.3) is 0 Å². The standard InChI is InChI=1S/C15H25N3O/c1-10(2)11(3)17-14(19)18-13-8-6-12(7-9-13)15(4,5)16/h6-11H,16H2,1-5H3,(H2,17,18,19). The molecule has 0 radical (unpaired) electrons. The molecule has 0 spiro atoms. The Hall–Kier alpha value is -1.55. The second-order valence-electron chi connectivity index (χ2n) is 5.93. The number of nitrogens with two attached hydrogens (primary N) is 1. The molecule has 0 bridgehead atoms. The zero-order valence-corrected chi connectivity index (χ0v) is 12.4. The van der Waals surface area contributed by atoms with Crippen LogP contribution in [0.4, 0.5) is 10.5 Å². The second-order valence-corrected chi connectivity index (χ2v) is 5.93. The van der Waals surface area contributed by atoms with Crippen LogP contribution in [-0.4, -0.2) is 12.1 Å². The summed E-state index contributed by atoms with van der Waals surface area (Å²) in [6.07, 6.45) is 0. The molecule has 4 heteroatoms. The first-order valence-electron chi connectivity index (χ1n) is 6.67. The van der Waals surface area contributed by atoms with Crippen molar-refractivity contribution in [3.05, 3.63) is 29.8 Å². The zero-order valence-electron chi connectivity index (χ0n) is 12.4. The van der Waals surface area contributed by atoms with Crippen molar-refractivity contribution < 1.29 is 4.79 Å². The summed E-state index contributed by atoms with van der Waals surface area (Å²) < 4.78 is 0. The Bertz CT molecular complexity index is 418. The molecule has 106 valence electrons. The lowest BCUT2D eigenvalue weighted by Gasteiger charge is -2.20. The average Bonchev–Trinajstić information content (AvgIpc) is 2.28. The van der Waals surface area contributed by atoms with Gasteiger partial charge in [-0.05, 0) is 44.4 Å². The van der Waals surface area contributed by atoms with Crippen LogP contribution in [0.3, 0.4) is 0 Å². The van der Waals surface area contributed by atoms with E-state index in [1.54, 1.807) is 0 Å². The van der Waals surface area contributed by atoms with Crippen LogP contribution in [0.15, 0.2) is 24.3 Å². The van der Waals surface area contributed by atoms with Gasteiger partial charge in [0.15, 0.2) is 0 Å². The highest BCUT2D eigenvalue weighted by Crippen LogP contribution is 2.19. The van der Waals surface area contributed by atoms with E-state index in [1.807, 2.05) is 45.0 Å². The third-order valence-electron chi connectivity index (χ3n) is 3.25. The van der Waals surface area contributed by atoms with E-state index in [0.717, 1.165) is 11.3 Å². The van der Waals surface area contributed by atoms with Crippen molar-refractivity contribution in [3.63, 3.8) is 0 Å². The largest absolute Gasteiger partial charge is 0.335 e. The van der Waals surface area contributed by atoms with Crippen molar-refractivity contribution in [1.29, 1.82) is 0 Å². The number of rotatable bonds is 4. The first-order valence-corrected chi connectivity index (χ1v) is 6.67. The Balaban J connectivity index is 2.61. The van der Waals surface area contributed by atoms with Crippen molar-refractivity contribution in [2.24, 2.45) is 11.7 Å². The molecule has 1 atom stereocenters. The van der Waals surface area contributed by atoms with Gasteiger partial charge in [0, 0.05) is 17.3 Å². The predicted molar refractivity (Wildman–Crippen MR) is 80.1 cm³/mol. The molecule has 0 aliphatic heterocycles. The Morgan fingerprint density at radius 2 is 1.68 bits per heavy atom. The first kappa shape index (κ1) is 15.5. The van der Waals surface area contributed by atoms with Gasteiger partial charge in [-0.2, -0.15) is 0 Å². The van der Waals surface area contributed by atoms with Crippen LogP contribution in [0.5, 0.6) is 0 Å². The lowest BCUT2D eigenvalue weighted by atomic mass is 9.96. The van der Waals surface area contributed by atoms with E-state index in [1.165, 1.54) is 0 Å². The zero-order chi connectivity index (χ0) is 14.6. The van der Waals surface area contributed by atoms with Crippen LogP contribution >= 0.6 is 0 Å². The van der Waals surface area contributed by atoms with Crippen molar-refractivity contribution in [1.82, 2.24) is 5.32 Å². The van der Waals surface area contributed by atoms with Crippen molar-refractivity contribution in [2.45, 2.75) is 46.2 Å². The topological polar surface area (TPSA) is 67.2 Å². The number of nitrogens with one attached hydrogen (secondary N) is 2. The number of benzene rings is 1. The molecule has 4 nitrogen and oxygen atoms in total. The number of carbonyl (C=O) groups excluding carboxylic acids is 1. The van der Waals surface area contributed by atoms with Crippen molar-refractivity contribution in [2.75, 3.05) is 5.32 Å². The monoisotopic (exact) mass is 263 g/mol. The number of hydrogen-bond acceptors (Lipinski definition) is 2. The molecule has 0 saturated carbocycles. The molecule has 1 unspecified atom stereocenters. The van der Waals surface area contributed by atoms with Gasteiger partial charge in [-0.1, -0.05) is 26.0 Å². The minimum Gasteiger partial charge on any atom is -0.335 e. The number of amides is 2. The molecular formula is C15H25N3O. The van der Waals surface area contributed by atoms with Crippen LogP contribution < -0.4 is 16.4 Å². The summed E-state index contributed by atoms with van der Waals surface area (Å²) in [7, 11) is 0. The van der Waals surface area contributed by atoms with Crippen LogP contribution in [0.2, 0.25) is 0 Å². The van der Waals surface area contributed by atoms with E-state index < -0.39 is 0 Å². The van der Waals surface area contributed by atoms with E-state index in [9.17, 15) is 4.79 Å². The fourth-order valence-corrected chi connectivity index (χ4v) is 1.52. The third-order valence-corrected chi connectivity index (χ3v) is 3.25. The van der Waals surface area contributed by atoms with E-state index in [0.29, 0.717) is 5.92 Å². The van der Waals surface area contributed by atoms with Crippen LogP contribution in [0, 0.1) is 5.92 Å². The summed E-state index contributed by atoms with van der Waals surface area (Å²) in [6, 6.07) is 7.55. The Morgan fingerprint density at radius 3 is 2.11 bits per heavy atom. The van der Waals surface area contributed by atoms with Gasteiger partial charge in [0.25, 0.3) is 0 Å². The highest BCUT2D eigenvalue weighted by molar-refractivity contribution is 5.89. The van der Waals surface area contributed by atoms with Crippen molar-refractivity contribution >= 4 is 11.7 Å². The molecular weight excluding hydrogens is 238 g/mol. The normalized spacial score (nSPS) is 13.2.